The quantitative estimate of drug-likeness (QED) is 0.752. The van der Waals surface area contributed by atoms with Crippen molar-refractivity contribution >= 4 is 15.7 Å². The molecule has 0 aromatic carbocycles. The van der Waals surface area contributed by atoms with E-state index >= 15 is 0 Å². The molecule has 0 spiro atoms. The zero-order valence-electron chi connectivity index (χ0n) is 12.5. The van der Waals surface area contributed by atoms with E-state index in [1.807, 2.05) is 0 Å². The first-order valence-corrected chi connectivity index (χ1v) is 9.86. The number of carbonyl (C=O) groups excluding carboxylic acids is 1. The summed E-state index contributed by atoms with van der Waals surface area (Å²) in [4.78, 5) is 14.1. The van der Waals surface area contributed by atoms with E-state index in [0.717, 1.165) is 51.4 Å². The Morgan fingerprint density at radius 2 is 1.67 bits per heavy atom. The molecule has 0 aromatic rings. The van der Waals surface area contributed by atoms with Crippen LogP contribution in [0.2, 0.25) is 0 Å². The molecule has 0 aromatic heterocycles. The summed E-state index contributed by atoms with van der Waals surface area (Å²) >= 11 is 0. The molecule has 3 aliphatic rings. The fourth-order valence-corrected chi connectivity index (χ4v) is 6.08. The molecule has 2 fully saturated rings. The maximum Gasteiger partial charge on any atom is 0.226 e. The van der Waals surface area contributed by atoms with Crippen LogP contribution < -0.4 is 0 Å². The minimum absolute atomic E-state index is 0.0772. The number of hydrogen-bond donors (Lipinski definition) is 0. The second kappa shape index (κ2) is 6.11. The van der Waals surface area contributed by atoms with Crippen LogP contribution in [0.4, 0.5) is 0 Å². The standard InChI is InChI=1S/C16H25NO3S/c18-16(13-7-3-1-4-8-13)17-11-15(12-17)21(19,20)14-9-5-2-6-10-14/h1,3,13-15H,2,4-12H2. The predicted molar refractivity (Wildman–Crippen MR) is 82.6 cm³/mol. The zero-order chi connectivity index (χ0) is 14.9. The fraction of sp³-hybridized carbons (Fsp3) is 0.812. The van der Waals surface area contributed by atoms with Gasteiger partial charge in [-0.15, -0.1) is 0 Å². The molecule has 21 heavy (non-hydrogen) atoms. The van der Waals surface area contributed by atoms with Crippen molar-refractivity contribution in [3.05, 3.63) is 12.2 Å². The molecule has 1 aliphatic heterocycles. The van der Waals surface area contributed by atoms with Crippen molar-refractivity contribution in [2.75, 3.05) is 13.1 Å². The van der Waals surface area contributed by atoms with Gasteiger partial charge in [-0.25, -0.2) is 8.42 Å². The molecular formula is C16H25NO3S. The van der Waals surface area contributed by atoms with Gasteiger partial charge in [0.1, 0.15) is 0 Å². The minimum Gasteiger partial charge on any atom is -0.340 e. The largest absolute Gasteiger partial charge is 0.340 e. The third-order valence-corrected chi connectivity index (χ3v) is 7.89. The highest BCUT2D eigenvalue weighted by Gasteiger charge is 2.44. The SMILES string of the molecule is O=C(C1CC=CCC1)N1CC(S(=O)(=O)C2CCCCC2)C1. The molecule has 4 nitrogen and oxygen atoms in total. The summed E-state index contributed by atoms with van der Waals surface area (Å²) in [5.41, 5.74) is 0. The Morgan fingerprint density at radius 1 is 0.952 bits per heavy atom. The monoisotopic (exact) mass is 311 g/mol. The van der Waals surface area contributed by atoms with E-state index in [1.165, 1.54) is 0 Å². The predicted octanol–water partition coefficient (Wildman–Crippen LogP) is 2.30. The van der Waals surface area contributed by atoms with Crippen LogP contribution in [0.3, 0.4) is 0 Å². The van der Waals surface area contributed by atoms with E-state index in [2.05, 4.69) is 12.2 Å². The summed E-state index contributed by atoms with van der Waals surface area (Å²) < 4.78 is 25.1. The van der Waals surface area contributed by atoms with E-state index in [-0.39, 0.29) is 22.3 Å². The Labute approximate surface area is 127 Å². The van der Waals surface area contributed by atoms with E-state index in [4.69, 9.17) is 0 Å². The molecule has 1 heterocycles. The van der Waals surface area contributed by atoms with Gasteiger partial charge in [-0.3, -0.25) is 4.79 Å². The van der Waals surface area contributed by atoms with E-state index in [0.29, 0.717) is 13.1 Å². The van der Waals surface area contributed by atoms with Gasteiger partial charge in [0.15, 0.2) is 9.84 Å². The Kier molecular flexibility index (Phi) is 4.38. The van der Waals surface area contributed by atoms with Crippen LogP contribution >= 0.6 is 0 Å². The van der Waals surface area contributed by atoms with Gasteiger partial charge >= 0.3 is 0 Å². The lowest BCUT2D eigenvalue weighted by Gasteiger charge is -2.42. The molecule has 5 heteroatoms. The normalized spacial score (nSPS) is 28.4. The number of allylic oxidation sites excluding steroid dienone is 2. The molecule has 3 rings (SSSR count). The highest BCUT2D eigenvalue weighted by atomic mass is 32.2. The molecule has 0 radical (unpaired) electrons. The Hall–Kier alpha value is -0.840. The Morgan fingerprint density at radius 3 is 2.29 bits per heavy atom. The molecule has 1 unspecified atom stereocenters. The molecule has 0 N–H and O–H groups in total. The first-order valence-electron chi connectivity index (χ1n) is 8.25. The lowest BCUT2D eigenvalue weighted by Crippen LogP contribution is -2.60. The van der Waals surface area contributed by atoms with Crippen LogP contribution in [0.25, 0.3) is 0 Å². The molecule has 1 saturated heterocycles. The second-order valence-corrected chi connectivity index (χ2v) is 9.21. The van der Waals surface area contributed by atoms with Gasteiger partial charge in [0.25, 0.3) is 0 Å². The van der Waals surface area contributed by atoms with Gasteiger partial charge in [-0.05, 0) is 32.1 Å². The number of amides is 1. The molecule has 2 aliphatic carbocycles. The summed E-state index contributed by atoms with van der Waals surface area (Å²) in [6, 6.07) is 0. The molecule has 1 saturated carbocycles. The van der Waals surface area contributed by atoms with Gasteiger partial charge in [0.05, 0.1) is 10.5 Å². The van der Waals surface area contributed by atoms with Crippen molar-refractivity contribution in [3.63, 3.8) is 0 Å². The van der Waals surface area contributed by atoms with Crippen LogP contribution in [-0.2, 0) is 14.6 Å². The maximum absolute atomic E-state index is 12.6. The third kappa shape index (κ3) is 3.03. The summed E-state index contributed by atoms with van der Waals surface area (Å²) in [5, 5.41) is -0.449. The van der Waals surface area contributed by atoms with Crippen molar-refractivity contribution < 1.29 is 13.2 Å². The van der Waals surface area contributed by atoms with Crippen molar-refractivity contribution in [2.24, 2.45) is 5.92 Å². The van der Waals surface area contributed by atoms with Gasteiger partial charge in [0, 0.05) is 19.0 Å². The number of hydrogen-bond acceptors (Lipinski definition) is 3. The fourth-order valence-electron chi connectivity index (χ4n) is 3.77. The van der Waals surface area contributed by atoms with E-state index in [1.54, 1.807) is 4.90 Å². The zero-order valence-corrected chi connectivity index (χ0v) is 13.4. The molecule has 118 valence electrons. The number of sulfone groups is 1. The van der Waals surface area contributed by atoms with Gasteiger partial charge in [-0.1, -0.05) is 31.4 Å². The van der Waals surface area contributed by atoms with Crippen LogP contribution in [-0.4, -0.2) is 42.8 Å². The second-order valence-electron chi connectivity index (χ2n) is 6.70. The number of likely N-dealkylation sites (tertiary alicyclic amines) is 1. The topological polar surface area (TPSA) is 54.5 Å². The van der Waals surface area contributed by atoms with Crippen molar-refractivity contribution in [2.45, 2.75) is 61.9 Å². The van der Waals surface area contributed by atoms with Gasteiger partial charge in [-0.2, -0.15) is 0 Å². The summed E-state index contributed by atoms with van der Waals surface area (Å²) in [5.74, 6) is 0.239. The minimum atomic E-state index is -3.03. The van der Waals surface area contributed by atoms with E-state index in [9.17, 15) is 13.2 Å². The summed E-state index contributed by atoms with van der Waals surface area (Å²) in [7, 11) is -3.03. The summed E-state index contributed by atoms with van der Waals surface area (Å²) in [6.45, 7) is 0.857. The van der Waals surface area contributed by atoms with Crippen molar-refractivity contribution in [1.29, 1.82) is 0 Å². The van der Waals surface area contributed by atoms with Crippen molar-refractivity contribution in [1.82, 2.24) is 4.90 Å². The molecule has 0 bridgehead atoms. The van der Waals surface area contributed by atoms with Gasteiger partial charge in [0.2, 0.25) is 5.91 Å². The lowest BCUT2D eigenvalue weighted by molar-refractivity contribution is -0.139. The van der Waals surface area contributed by atoms with Gasteiger partial charge < -0.3 is 4.90 Å². The highest BCUT2D eigenvalue weighted by molar-refractivity contribution is 7.92. The Balaban J connectivity index is 1.54. The number of nitrogens with zero attached hydrogens (tertiary/aromatic N) is 1. The number of rotatable bonds is 3. The average Bonchev–Trinajstić information content (AvgIpc) is 2.47. The van der Waals surface area contributed by atoms with Crippen LogP contribution in [0.5, 0.6) is 0 Å². The van der Waals surface area contributed by atoms with Crippen LogP contribution in [0.1, 0.15) is 51.4 Å². The first-order chi connectivity index (χ1) is 10.1. The highest BCUT2D eigenvalue weighted by Crippen LogP contribution is 2.31. The maximum atomic E-state index is 12.6. The number of carbonyl (C=O) groups is 1. The first kappa shape index (κ1) is 15.1. The van der Waals surface area contributed by atoms with E-state index < -0.39 is 9.84 Å². The molecule has 1 amide bonds. The van der Waals surface area contributed by atoms with Crippen LogP contribution in [0.15, 0.2) is 12.2 Å². The van der Waals surface area contributed by atoms with Crippen LogP contribution in [0, 0.1) is 5.92 Å². The third-order valence-electron chi connectivity index (χ3n) is 5.26. The average molecular weight is 311 g/mol. The molecule has 1 atom stereocenters. The smallest absolute Gasteiger partial charge is 0.226 e. The van der Waals surface area contributed by atoms with Crippen molar-refractivity contribution in [3.8, 4) is 0 Å². The Bertz CT molecular complexity index is 514. The summed E-state index contributed by atoms with van der Waals surface area (Å²) in [6.07, 6.45) is 11.8. The molecular weight excluding hydrogens is 286 g/mol. The lowest BCUT2D eigenvalue weighted by atomic mass is 9.92.